The predicted octanol–water partition coefficient (Wildman–Crippen LogP) is 4.24. The number of fused-ring (bicyclic) bond motifs is 1. The van der Waals surface area contributed by atoms with Gasteiger partial charge in [0.15, 0.2) is 0 Å². The van der Waals surface area contributed by atoms with Gasteiger partial charge in [0, 0.05) is 53.2 Å². The molecule has 6 rings (SSSR count). The van der Waals surface area contributed by atoms with Gasteiger partial charge in [-0.25, -0.2) is 4.98 Å². The molecule has 0 aliphatic carbocycles. The van der Waals surface area contributed by atoms with Crippen molar-refractivity contribution in [2.24, 2.45) is 0 Å². The summed E-state index contributed by atoms with van der Waals surface area (Å²) in [6.45, 7) is 2.99. The maximum Gasteiger partial charge on any atom is 0.233 e. The highest BCUT2D eigenvalue weighted by Crippen LogP contribution is 2.33. The van der Waals surface area contributed by atoms with Gasteiger partial charge in [0.2, 0.25) is 5.88 Å². The van der Waals surface area contributed by atoms with Crippen molar-refractivity contribution < 1.29 is 4.74 Å². The van der Waals surface area contributed by atoms with Gasteiger partial charge in [-0.1, -0.05) is 6.07 Å². The molecular formula is C26H28N6O. The Hall–Kier alpha value is -3.29. The summed E-state index contributed by atoms with van der Waals surface area (Å²) in [5.74, 6) is 0.577. The lowest BCUT2D eigenvalue weighted by Crippen LogP contribution is -2.37. The van der Waals surface area contributed by atoms with Gasteiger partial charge in [-0.15, -0.1) is 0 Å². The molecule has 2 atom stereocenters. The number of H-pyrrole nitrogens is 1. The number of hydrogen-bond acceptors (Lipinski definition) is 6. The molecule has 33 heavy (non-hydrogen) atoms. The monoisotopic (exact) mass is 440 g/mol. The van der Waals surface area contributed by atoms with Gasteiger partial charge in [-0.2, -0.15) is 0 Å². The molecular weight excluding hydrogens is 412 g/mol. The fourth-order valence-corrected chi connectivity index (χ4v) is 4.91. The average Bonchev–Trinajstić information content (AvgIpc) is 3.55. The van der Waals surface area contributed by atoms with E-state index in [1.165, 1.54) is 18.4 Å². The quantitative estimate of drug-likeness (QED) is 0.430. The van der Waals surface area contributed by atoms with Crippen LogP contribution in [-0.2, 0) is 0 Å². The molecule has 1 aromatic carbocycles. The highest BCUT2D eigenvalue weighted by molar-refractivity contribution is 5.97. The Morgan fingerprint density at radius 2 is 1.85 bits per heavy atom. The van der Waals surface area contributed by atoms with Crippen LogP contribution in [0.4, 0.5) is 0 Å². The lowest BCUT2D eigenvalue weighted by atomic mass is 9.99. The van der Waals surface area contributed by atoms with E-state index in [0.717, 1.165) is 65.8 Å². The maximum atomic E-state index is 6.10. The zero-order valence-electron chi connectivity index (χ0n) is 18.6. The molecule has 4 aromatic rings. The number of benzene rings is 1. The number of rotatable bonds is 5. The summed E-state index contributed by atoms with van der Waals surface area (Å²) in [7, 11) is 0. The normalized spacial score (nSPS) is 20.8. The van der Waals surface area contributed by atoms with Gasteiger partial charge in [0.05, 0.1) is 18.1 Å². The Morgan fingerprint density at radius 3 is 2.73 bits per heavy atom. The molecule has 0 spiro atoms. The van der Waals surface area contributed by atoms with Crippen molar-refractivity contribution in [2.45, 2.75) is 37.8 Å². The lowest BCUT2D eigenvalue weighted by molar-refractivity contribution is 0.160. The molecule has 2 saturated heterocycles. The first-order valence-corrected chi connectivity index (χ1v) is 11.8. The fourth-order valence-electron chi connectivity index (χ4n) is 4.91. The summed E-state index contributed by atoms with van der Waals surface area (Å²) >= 11 is 0. The van der Waals surface area contributed by atoms with E-state index < -0.39 is 0 Å². The number of aromatic nitrogens is 4. The second-order valence-corrected chi connectivity index (χ2v) is 8.95. The van der Waals surface area contributed by atoms with Crippen LogP contribution in [0.25, 0.3) is 33.3 Å². The molecule has 0 radical (unpaired) electrons. The van der Waals surface area contributed by atoms with Crippen LogP contribution in [0.15, 0.2) is 55.2 Å². The molecule has 0 bridgehead atoms. The molecule has 168 valence electrons. The van der Waals surface area contributed by atoms with Crippen LogP contribution < -0.4 is 15.4 Å². The van der Waals surface area contributed by atoms with Gasteiger partial charge < -0.3 is 20.4 Å². The van der Waals surface area contributed by atoms with Crippen molar-refractivity contribution >= 4 is 10.9 Å². The SMILES string of the molecule is c1cc2[nH]cc(-c3cncc(O[C@@H]4CCCNC4)n3)c2cc1-c1cncc(C2CCCN2)c1. The fraction of sp³-hybridized carbons (Fsp3) is 0.346. The number of ether oxygens (including phenoxy) is 1. The number of aromatic amines is 1. The van der Waals surface area contributed by atoms with Crippen molar-refractivity contribution in [3.05, 3.63) is 60.8 Å². The Bertz CT molecular complexity index is 1260. The Morgan fingerprint density at radius 1 is 0.909 bits per heavy atom. The van der Waals surface area contributed by atoms with E-state index in [9.17, 15) is 0 Å². The van der Waals surface area contributed by atoms with E-state index in [1.807, 2.05) is 18.6 Å². The molecule has 7 nitrogen and oxygen atoms in total. The minimum absolute atomic E-state index is 0.145. The molecule has 2 aliphatic heterocycles. The van der Waals surface area contributed by atoms with Crippen LogP contribution in [-0.4, -0.2) is 45.7 Å². The molecule has 3 aromatic heterocycles. The van der Waals surface area contributed by atoms with Crippen LogP contribution in [0.3, 0.4) is 0 Å². The standard InChI is InChI=1S/C26H28N6O/c1-3-20(13-27-7-1)33-26-16-29-15-25(32-26)22-14-31-24-6-5-17(10-21(22)24)18-9-19(12-28-11-18)23-4-2-8-30-23/h5-6,9-12,14-16,20,23,27,30-31H,1-4,7-8,13H2/t20-,23?/m1/s1. The Labute approximate surface area is 193 Å². The zero-order chi connectivity index (χ0) is 22.0. The van der Waals surface area contributed by atoms with Crippen LogP contribution in [0.5, 0.6) is 5.88 Å². The number of pyridine rings is 1. The van der Waals surface area contributed by atoms with E-state index in [0.29, 0.717) is 11.9 Å². The van der Waals surface area contributed by atoms with Gasteiger partial charge in [-0.05, 0) is 68.1 Å². The Balaban J connectivity index is 1.32. The molecule has 5 heterocycles. The van der Waals surface area contributed by atoms with E-state index in [2.05, 4.69) is 49.9 Å². The summed E-state index contributed by atoms with van der Waals surface area (Å²) in [5.41, 5.74) is 6.43. The van der Waals surface area contributed by atoms with Gasteiger partial charge in [0.1, 0.15) is 6.10 Å². The van der Waals surface area contributed by atoms with E-state index >= 15 is 0 Å². The zero-order valence-corrected chi connectivity index (χ0v) is 18.6. The minimum atomic E-state index is 0.145. The van der Waals surface area contributed by atoms with Gasteiger partial charge in [-0.3, -0.25) is 9.97 Å². The third-order valence-corrected chi connectivity index (χ3v) is 6.66. The average molecular weight is 441 g/mol. The second-order valence-electron chi connectivity index (χ2n) is 8.95. The highest BCUT2D eigenvalue weighted by atomic mass is 16.5. The van der Waals surface area contributed by atoms with Gasteiger partial charge in [0.25, 0.3) is 0 Å². The number of hydrogen-bond donors (Lipinski definition) is 3. The van der Waals surface area contributed by atoms with Crippen LogP contribution >= 0.6 is 0 Å². The number of nitrogens with zero attached hydrogens (tertiary/aromatic N) is 3. The summed E-state index contributed by atoms with van der Waals surface area (Å²) in [5, 5.41) is 8.06. The van der Waals surface area contributed by atoms with Crippen LogP contribution in [0.2, 0.25) is 0 Å². The summed E-state index contributed by atoms with van der Waals surface area (Å²) < 4.78 is 6.10. The molecule has 0 saturated carbocycles. The number of piperidine rings is 1. The largest absolute Gasteiger partial charge is 0.472 e. The molecule has 2 aliphatic rings. The third kappa shape index (κ3) is 4.21. The molecule has 2 fully saturated rings. The number of nitrogens with one attached hydrogen (secondary N) is 3. The van der Waals surface area contributed by atoms with Crippen molar-refractivity contribution in [1.29, 1.82) is 0 Å². The smallest absolute Gasteiger partial charge is 0.233 e. The third-order valence-electron chi connectivity index (χ3n) is 6.66. The van der Waals surface area contributed by atoms with E-state index in [-0.39, 0.29) is 6.10 Å². The topological polar surface area (TPSA) is 87.8 Å². The highest BCUT2D eigenvalue weighted by Gasteiger charge is 2.18. The Kier molecular flexibility index (Phi) is 5.49. The lowest BCUT2D eigenvalue weighted by Gasteiger charge is -2.23. The van der Waals surface area contributed by atoms with E-state index in [4.69, 9.17) is 9.72 Å². The first kappa shape index (κ1) is 20.3. The molecule has 0 amide bonds. The van der Waals surface area contributed by atoms with E-state index in [1.54, 1.807) is 12.4 Å². The molecule has 3 N–H and O–H groups in total. The van der Waals surface area contributed by atoms with Crippen molar-refractivity contribution in [3.8, 4) is 28.3 Å². The van der Waals surface area contributed by atoms with Crippen molar-refractivity contribution in [3.63, 3.8) is 0 Å². The van der Waals surface area contributed by atoms with Crippen molar-refractivity contribution in [1.82, 2.24) is 30.6 Å². The van der Waals surface area contributed by atoms with Crippen LogP contribution in [0, 0.1) is 0 Å². The van der Waals surface area contributed by atoms with Gasteiger partial charge >= 0.3 is 0 Å². The molecule has 7 heteroatoms. The van der Waals surface area contributed by atoms with Crippen LogP contribution in [0.1, 0.15) is 37.3 Å². The predicted molar refractivity (Wildman–Crippen MR) is 129 cm³/mol. The van der Waals surface area contributed by atoms with Crippen molar-refractivity contribution in [2.75, 3.05) is 19.6 Å². The minimum Gasteiger partial charge on any atom is -0.472 e. The second kappa shape index (κ2) is 8.92. The maximum absolute atomic E-state index is 6.10. The summed E-state index contributed by atoms with van der Waals surface area (Å²) in [6, 6.07) is 9.14. The first-order chi connectivity index (χ1) is 16.3. The molecule has 1 unspecified atom stereocenters. The summed E-state index contributed by atoms with van der Waals surface area (Å²) in [4.78, 5) is 17.1. The summed E-state index contributed by atoms with van der Waals surface area (Å²) in [6.07, 6.45) is 14.1. The first-order valence-electron chi connectivity index (χ1n) is 11.8.